The van der Waals surface area contributed by atoms with Crippen molar-refractivity contribution >= 4 is 5.97 Å². The van der Waals surface area contributed by atoms with Gasteiger partial charge in [-0.3, -0.25) is 5.32 Å². The zero-order valence-electron chi connectivity index (χ0n) is 23.8. The normalized spacial score (nSPS) is 28.9. The molecule has 216 valence electrons. The molecule has 6 rings (SSSR count). The maximum Gasteiger partial charge on any atom is 0.328 e. The molecule has 8 nitrogen and oxygen atoms in total. The number of carbonyl (C=O) groups excluding carboxylic acids is 1. The third kappa shape index (κ3) is 6.09. The molecule has 3 aliphatic rings. The summed E-state index contributed by atoms with van der Waals surface area (Å²) in [6, 6.07) is 28.7. The molecule has 0 aromatic heterocycles. The fourth-order valence-corrected chi connectivity index (χ4v) is 5.81. The highest BCUT2D eigenvalue weighted by Gasteiger charge is 2.60. The first-order valence-electron chi connectivity index (χ1n) is 14.1. The molecule has 3 aliphatic heterocycles. The van der Waals surface area contributed by atoms with Crippen LogP contribution in [0.3, 0.4) is 0 Å². The number of rotatable bonds is 8. The topological polar surface area (TPSA) is 84.5 Å². The number of esters is 1. The van der Waals surface area contributed by atoms with Gasteiger partial charge in [-0.05, 0) is 44.4 Å². The number of carbonyl (C=O) groups is 1. The Hall–Kier alpha value is -3.11. The van der Waals surface area contributed by atoms with Gasteiger partial charge in [0.05, 0.1) is 12.6 Å². The van der Waals surface area contributed by atoms with Gasteiger partial charge in [-0.15, -0.1) is 0 Å². The average Bonchev–Trinajstić information content (AvgIpc) is 3.59. The van der Waals surface area contributed by atoms with Crippen molar-refractivity contribution in [3.8, 4) is 0 Å². The molecule has 0 saturated carbocycles. The number of nitrogens with one attached hydrogen (secondary N) is 1. The second-order valence-corrected chi connectivity index (χ2v) is 11.6. The Morgan fingerprint density at radius 3 is 1.85 bits per heavy atom. The van der Waals surface area contributed by atoms with Crippen molar-refractivity contribution in [2.24, 2.45) is 0 Å². The largest absolute Gasteiger partial charge is 0.455 e. The van der Waals surface area contributed by atoms with Gasteiger partial charge in [-0.25, -0.2) is 4.79 Å². The molecule has 3 fully saturated rings. The van der Waals surface area contributed by atoms with Crippen LogP contribution < -0.4 is 5.32 Å². The van der Waals surface area contributed by atoms with Crippen molar-refractivity contribution in [1.29, 1.82) is 0 Å². The first-order chi connectivity index (χ1) is 19.7. The lowest BCUT2D eigenvalue weighted by Crippen LogP contribution is -2.46. The average molecular weight is 560 g/mol. The molecule has 0 aliphatic carbocycles. The van der Waals surface area contributed by atoms with E-state index in [1.54, 1.807) is 0 Å². The van der Waals surface area contributed by atoms with Crippen LogP contribution in [0.2, 0.25) is 0 Å². The minimum Gasteiger partial charge on any atom is -0.455 e. The van der Waals surface area contributed by atoms with Gasteiger partial charge in [0.15, 0.2) is 30.1 Å². The van der Waals surface area contributed by atoms with Crippen LogP contribution in [0.15, 0.2) is 91.0 Å². The van der Waals surface area contributed by atoms with Crippen molar-refractivity contribution in [2.45, 2.75) is 82.1 Å². The van der Waals surface area contributed by atoms with Gasteiger partial charge in [0.25, 0.3) is 0 Å². The SMILES string of the molecule is CC1(C)O[C@H]2O[C@H]([C@H]3COC(C)(C)O3)[C@H](OC(=O)[C@@H](NC(c3ccccc3)c3ccccc3)c3ccccc3)[C@H]2O1. The summed E-state index contributed by atoms with van der Waals surface area (Å²) in [6.45, 7) is 7.64. The lowest BCUT2D eigenvalue weighted by molar-refractivity contribution is -0.235. The van der Waals surface area contributed by atoms with E-state index in [9.17, 15) is 4.79 Å². The molecule has 3 aromatic carbocycles. The lowest BCUT2D eigenvalue weighted by atomic mass is 9.96. The Labute approximate surface area is 240 Å². The zero-order valence-corrected chi connectivity index (χ0v) is 23.8. The molecule has 0 amide bonds. The van der Waals surface area contributed by atoms with E-state index >= 15 is 0 Å². The van der Waals surface area contributed by atoms with Gasteiger partial charge in [0.2, 0.25) is 0 Å². The van der Waals surface area contributed by atoms with E-state index in [2.05, 4.69) is 29.6 Å². The van der Waals surface area contributed by atoms with Crippen LogP contribution in [0.25, 0.3) is 0 Å². The molecule has 41 heavy (non-hydrogen) atoms. The minimum absolute atomic E-state index is 0.268. The van der Waals surface area contributed by atoms with Gasteiger partial charge in [-0.1, -0.05) is 91.0 Å². The van der Waals surface area contributed by atoms with E-state index in [0.29, 0.717) is 6.61 Å². The van der Waals surface area contributed by atoms with Crippen LogP contribution >= 0.6 is 0 Å². The first-order valence-corrected chi connectivity index (χ1v) is 14.1. The van der Waals surface area contributed by atoms with E-state index in [1.165, 1.54) is 0 Å². The molecule has 6 atom stereocenters. The quantitative estimate of drug-likeness (QED) is 0.384. The van der Waals surface area contributed by atoms with Crippen molar-refractivity contribution in [1.82, 2.24) is 5.32 Å². The van der Waals surface area contributed by atoms with Crippen molar-refractivity contribution in [3.05, 3.63) is 108 Å². The molecule has 3 saturated heterocycles. The van der Waals surface area contributed by atoms with E-state index in [0.717, 1.165) is 16.7 Å². The molecule has 0 unspecified atom stereocenters. The summed E-state index contributed by atoms with van der Waals surface area (Å²) in [4.78, 5) is 14.2. The molecular formula is C33H37NO7. The van der Waals surface area contributed by atoms with Gasteiger partial charge < -0.3 is 28.4 Å². The summed E-state index contributed by atoms with van der Waals surface area (Å²) >= 11 is 0. The van der Waals surface area contributed by atoms with Crippen molar-refractivity contribution in [3.63, 3.8) is 0 Å². The van der Waals surface area contributed by atoms with Crippen LogP contribution in [-0.2, 0) is 33.2 Å². The lowest BCUT2D eigenvalue weighted by Gasteiger charge is -2.31. The number of benzene rings is 3. The van der Waals surface area contributed by atoms with Crippen LogP contribution in [-0.4, -0.2) is 54.9 Å². The Bertz CT molecular complexity index is 1280. The Morgan fingerprint density at radius 1 is 0.756 bits per heavy atom. The number of hydrogen-bond acceptors (Lipinski definition) is 8. The maximum absolute atomic E-state index is 14.2. The second kappa shape index (κ2) is 11.3. The zero-order chi connectivity index (χ0) is 28.6. The fourth-order valence-electron chi connectivity index (χ4n) is 5.81. The fraction of sp³-hybridized carbons (Fsp3) is 0.424. The standard InChI is InChI=1S/C33H37NO7/c1-32(2)36-20-24(39-32)27-28(29-31(38-27)41-33(3,4)40-29)37-30(35)26(23-18-12-7-13-19-23)34-25(21-14-8-5-9-15-21)22-16-10-6-11-17-22/h5-19,24-29,31,34H,20H2,1-4H3/t24-,26+,27-,28+,29-,31-/m1/s1. The van der Waals surface area contributed by atoms with Crippen molar-refractivity contribution < 1.29 is 33.2 Å². The predicted molar refractivity (Wildman–Crippen MR) is 151 cm³/mol. The highest BCUT2D eigenvalue weighted by molar-refractivity contribution is 5.78. The number of hydrogen-bond donors (Lipinski definition) is 1. The van der Waals surface area contributed by atoms with Gasteiger partial charge in [0.1, 0.15) is 18.2 Å². The van der Waals surface area contributed by atoms with Gasteiger partial charge in [-0.2, -0.15) is 0 Å². The molecule has 3 heterocycles. The van der Waals surface area contributed by atoms with E-state index in [1.807, 2.05) is 94.4 Å². The molecule has 8 heteroatoms. The van der Waals surface area contributed by atoms with Crippen LogP contribution in [0.5, 0.6) is 0 Å². The van der Waals surface area contributed by atoms with Gasteiger partial charge >= 0.3 is 5.97 Å². The minimum atomic E-state index is -0.875. The molecule has 1 N–H and O–H groups in total. The number of ether oxygens (including phenoxy) is 6. The summed E-state index contributed by atoms with van der Waals surface area (Å²) in [7, 11) is 0. The first kappa shape index (κ1) is 28.0. The van der Waals surface area contributed by atoms with E-state index < -0.39 is 54.3 Å². The summed E-state index contributed by atoms with van der Waals surface area (Å²) in [5.41, 5.74) is 2.84. The Morgan fingerprint density at radius 2 is 1.32 bits per heavy atom. The highest BCUT2D eigenvalue weighted by atomic mass is 16.8. The van der Waals surface area contributed by atoms with E-state index in [4.69, 9.17) is 28.4 Å². The molecule has 0 spiro atoms. The summed E-state index contributed by atoms with van der Waals surface area (Å²) in [5.74, 6) is -2.09. The van der Waals surface area contributed by atoms with Crippen molar-refractivity contribution in [2.75, 3.05) is 6.61 Å². The Balaban J connectivity index is 1.31. The molecular weight excluding hydrogens is 522 g/mol. The number of fused-ring (bicyclic) bond motifs is 1. The molecule has 3 aromatic rings. The summed E-state index contributed by atoms with van der Waals surface area (Å²) in [6.07, 6.45) is -3.14. The van der Waals surface area contributed by atoms with Crippen LogP contribution in [0.1, 0.15) is 56.5 Å². The van der Waals surface area contributed by atoms with Crippen LogP contribution in [0, 0.1) is 0 Å². The van der Waals surface area contributed by atoms with Gasteiger partial charge in [0, 0.05) is 0 Å². The molecule has 0 radical (unpaired) electrons. The third-order valence-electron chi connectivity index (χ3n) is 7.64. The second-order valence-electron chi connectivity index (χ2n) is 11.6. The smallest absolute Gasteiger partial charge is 0.328 e. The monoisotopic (exact) mass is 559 g/mol. The summed E-state index contributed by atoms with van der Waals surface area (Å²) in [5, 5.41) is 3.61. The van der Waals surface area contributed by atoms with E-state index in [-0.39, 0.29) is 6.04 Å². The highest BCUT2D eigenvalue weighted by Crippen LogP contribution is 2.42. The molecule has 0 bridgehead atoms. The Kier molecular flexibility index (Phi) is 7.72. The predicted octanol–water partition coefficient (Wildman–Crippen LogP) is 5.05. The third-order valence-corrected chi connectivity index (χ3v) is 7.64. The van der Waals surface area contributed by atoms with Crippen LogP contribution in [0.4, 0.5) is 0 Å². The maximum atomic E-state index is 14.2. The summed E-state index contributed by atoms with van der Waals surface area (Å²) < 4.78 is 36.7.